The summed E-state index contributed by atoms with van der Waals surface area (Å²) < 4.78 is 0. The zero-order chi connectivity index (χ0) is 34.5. The molecule has 0 fully saturated rings. The fourth-order valence-electron chi connectivity index (χ4n) is 6.25. The third-order valence-electron chi connectivity index (χ3n) is 9.34. The monoisotopic (exact) mass is 689 g/mol. The average molecular weight is 690 g/mol. The molecule has 0 spiro atoms. The molecule has 4 aromatic carbocycles. The molecule has 0 amide bonds. The van der Waals surface area contributed by atoms with Gasteiger partial charge in [0.05, 0.1) is 0 Å². The first-order valence-corrected chi connectivity index (χ1v) is 19.3. The largest absolute Gasteiger partial charge is 0.302 e. The molecular weight excluding hydrogens is 647 g/mol. The lowest BCUT2D eigenvalue weighted by molar-refractivity contribution is 1.13. The van der Waals surface area contributed by atoms with E-state index in [4.69, 9.17) is 4.98 Å². The number of nitrogens with zero attached hydrogens (tertiary/aromatic N) is 3. The Morgan fingerprint density at radius 3 is 0.980 bits per heavy atom. The number of benzene rings is 4. The Bertz CT molecular complexity index is 1890. The molecule has 7 rings (SSSR count). The molecule has 7 aromatic rings. The van der Waals surface area contributed by atoms with Gasteiger partial charge in [-0.3, -0.25) is 4.98 Å². The van der Waals surface area contributed by atoms with Gasteiger partial charge in [-0.15, -0.1) is 22.7 Å². The minimum Gasteiger partial charge on any atom is -0.302 e. The van der Waals surface area contributed by atoms with Crippen molar-refractivity contribution in [3.8, 4) is 20.9 Å². The highest BCUT2D eigenvalue weighted by Crippen LogP contribution is 2.44. The number of pyridine rings is 1. The maximum atomic E-state index is 4.74. The molecule has 0 aliphatic carbocycles. The standard InChI is InChI=1S/C45H43N3S2/c1-5-32-9-17-38(18-10-32)47(39-19-11-33(6-2)12-20-39)44-27-25-42(49-44)36-29-37(31-46-30-36)43-26-28-45(50-43)48(40-21-13-34(7-3)14-22-40)41-23-15-35(8-4)16-24-41/h9-31H,5-8H2,1-4H3. The zero-order valence-electron chi connectivity index (χ0n) is 29.3. The van der Waals surface area contributed by atoms with Crippen LogP contribution in [0.5, 0.6) is 0 Å². The predicted molar refractivity (Wildman–Crippen MR) is 218 cm³/mol. The second-order valence-corrected chi connectivity index (χ2v) is 14.6. The fourth-order valence-corrected chi connectivity index (χ4v) is 8.30. The zero-order valence-corrected chi connectivity index (χ0v) is 30.9. The van der Waals surface area contributed by atoms with E-state index in [1.165, 1.54) is 42.0 Å². The molecule has 3 aromatic heterocycles. The van der Waals surface area contributed by atoms with Gasteiger partial charge in [0.25, 0.3) is 0 Å². The van der Waals surface area contributed by atoms with E-state index in [1.54, 1.807) is 22.7 Å². The third-order valence-corrected chi connectivity index (χ3v) is 11.6. The molecule has 3 heterocycles. The van der Waals surface area contributed by atoms with Crippen LogP contribution in [0.1, 0.15) is 49.9 Å². The van der Waals surface area contributed by atoms with Gasteiger partial charge >= 0.3 is 0 Å². The summed E-state index contributed by atoms with van der Waals surface area (Å²) in [5.74, 6) is 0. The summed E-state index contributed by atoms with van der Waals surface area (Å²) in [7, 11) is 0. The van der Waals surface area contributed by atoms with Gasteiger partial charge in [-0.1, -0.05) is 76.2 Å². The van der Waals surface area contributed by atoms with E-state index in [-0.39, 0.29) is 0 Å². The smallest absolute Gasteiger partial charge is 0.101 e. The van der Waals surface area contributed by atoms with Crippen molar-refractivity contribution in [1.29, 1.82) is 0 Å². The number of aromatic nitrogens is 1. The molecule has 0 radical (unpaired) electrons. The van der Waals surface area contributed by atoms with Crippen LogP contribution in [0.15, 0.2) is 140 Å². The molecule has 0 aliphatic rings. The summed E-state index contributed by atoms with van der Waals surface area (Å²) in [5, 5.41) is 2.35. The minimum atomic E-state index is 1.03. The number of rotatable bonds is 12. The molecule has 0 atom stereocenters. The van der Waals surface area contributed by atoms with Crippen molar-refractivity contribution in [3.63, 3.8) is 0 Å². The quantitative estimate of drug-likeness (QED) is 0.127. The Labute approximate surface area is 305 Å². The molecular formula is C45H43N3S2. The van der Waals surface area contributed by atoms with Crippen LogP contribution in [0.25, 0.3) is 20.9 Å². The van der Waals surface area contributed by atoms with Crippen LogP contribution in [-0.2, 0) is 25.7 Å². The van der Waals surface area contributed by atoms with Crippen molar-refractivity contribution >= 4 is 55.4 Å². The Morgan fingerprint density at radius 1 is 0.400 bits per heavy atom. The summed E-state index contributed by atoms with van der Waals surface area (Å²) in [6.07, 6.45) is 8.08. The Kier molecular flexibility index (Phi) is 10.2. The van der Waals surface area contributed by atoms with Crippen molar-refractivity contribution in [3.05, 3.63) is 162 Å². The second kappa shape index (κ2) is 15.3. The van der Waals surface area contributed by atoms with E-state index in [2.05, 4.69) is 165 Å². The Morgan fingerprint density at radius 2 is 0.700 bits per heavy atom. The first-order valence-electron chi connectivity index (χ1n) is 17.7. The van der Waals surface area contributed by atoms with E-state index >= 15 is 0 Å². The summed E-state index contributed by atoms with van der Waals surface area (Å²) in [4.78, 5) is 11.9. The van der Waals surface area contributed by atoms with Gasteiger partial charge in [0.1, 0.15) is 10.0 Å². The van der Waals surface area contributed by atoms with Gasteiger partial charge < -0.3 is 9.80 Å². The number of hydrogen-bond acceptors (Lipinski definition) is 5. The summed E-state index contributed by atoms with van der Waals surface area (Å²) in [6.45, 7) is 8.81. The molecule has 0 saturated carbocycles. The highest BCUT2D eigenvalue weighted by molar-refractivity contribution is 7.20. The first-order chi connectivity index (χ1) is 24.6. The van der Waals surface area contributed by atoms with Crippen LogP contribution in [0.2, 0.25) is 0 Å². The SMILES string of the molecule is CCc1ccc(N(c2ccc(CC)cc2)c2ccc(-c3cncc(-c4ccc(N(c5ccc(CC)cc5)c5ccc(CC)cc5)s4)c3)s2)cc1. The van der Waals surface area contributed by atoms with Gasteiger partial charge in [-0.25, -0.2) is 0 Å². The van der Waals surface area contributed by atoms with Crippen LogP contribution < -0.4 is 9.80 Å². The van der Waals surface area contributed by atoms with E-state index in [9.17, 15) is 0 Å². The summed E-state index contributed by atoms with van der Waals surface area (Å²) in [5.41, 5.74) is 12.3. The van der Waals surface area contributed by atoms with Crippen LogP contribution >= 0.6 is 22.7 Å². The molecule has 0 aliphatic heterocycles. The molecule has 50 heavy (non-hydrogen) atoms. The van der Waals surface area contributed by atoms with Gasteiger partial charge in [0, 0.05) is 56.0 Å². The normalized spacial score (nSPS) is 11.1. The number of thiophene rings is 2. The van der Waals surface area contributed by atoms with E-state index < -0.39 is 0 Å². The molecule has 0 saturated heterocycles. The molecule has 0 N–H and O–H groups in total. The Balaban J connectivity index is 1.21. The lowest BCUT2D eigenvalue weighted by atomic mass is 10.1. The third kappa shape index (κ3) is 7.16. The highest BCUT2D eigenvalue weighted by atomic mass is 32.1. The van der Waals surface area contributed by atoms with Crippen molar-refractivity contribution in [2.75, 3.05) is 9.80 Å². The van der Waals surface area contributed by atoms with Gasteiger partial charge in [0.15, 0.2) is 0 Å². The summed E-state index contributed by atoms with van der Waals surface area (Å²) >= 11 is 3.60. The van der Waals surface area contributed by atoms with Gasteiger partial charge in [-0.2, -0.15) is 0 Å². The number of aryl methyl sites for hydroxylation is 4. The fraction of sp³-hybridized carbons (Fsp3) is 0.178. The lowest BCUT2D eigenvalue weighted by Gasteiger charge is -2.24. The van der Waals surface area contributed by atoms with Crippen LogP contribution in [0.3, 0.4) is 0 Å². The van der Waals surface area contributed by atoms with Gasteiger partial charge in [0.2, 0.25) is 0 Å². The van der Waals surface area contributed by atoms with E-state index in [1.807, 2.05) is 12.4 Å². The first kappa shape index (κ1) is 33.5. The average Bonchev–Trinajstić information content (AvgIpc) is 3.88. The van der Waals surface area contributed by atoms with E-state index in [0.717, 1.165) is 59.6 Å². The lowest BCUT2D eigenvalue weighted by Crippen LogP contribution is -2.08. The van der Waals surface area contributed by atoms with E-state index in [0.29, 0.717) is 0 Å². The molecule has 0 bridgehead atoms. The minimum absolute atomic E-state index is 1.03. The second-order valence-electron chi connectivity index (χ2n) is 12.5. The molecule has 3 nitrogen and oxygen atoms in total. The highest BCUT2D eigenvalue weighted by Gasteiger charge is 2.18. The number of anilines is 6. The van der Waals surface area contributed by atoms with Gasteiger partial charge in [-0.05, 0) is 127 Å². The Hall–Kier alpha value is -4.97. The summed E-state index contributed by atoms with van der Waals surface area (Å²) in [6, 6.07) is 47.0. The van der Waals surface area contributed by atoms with Crippen molar-refractivity contribution in [2.24, 2.45) is 0 Å². The number of hydrogen-bond donors (Lipinski definition) is 0. The maximum Gasteiger partial charge on any atom is 0.101 e. The van der Waals surface area contributed by atoms with Crippen LogP contribution in [0.4, 0.5) is 32.8 Å². The maximum absolute atomic E-state index is 4.74. The van der Waals surface area contributed by atoms with Crippen LogP contribution in [0, 0.1) is 0 Å². The molecule has 0 unspecified atom stereocenters. The molecule has 250 valence electrons. The van der Waals surface area contributed by atoms with Crippen molar-refractivity contribution in [2.45, 2.75) is 53.4 Å². The molecule has 5 heteroatoms. The predicted octanol–water partition coefficient (Wildman–Crippen LogP) is 13.7. The van der Waals surface area contributed by atoms with Crippen LogP contribution in [-0.4, -0.2) is 4.98 Å². The van der Waals surface area contributed by atoms with Crippen molar-refractivity contribution in [1.82, 2.24) is 4.98 Å². The van der Waals surface area contributed by atoms with Crippen molar-refractivity contribution < 1.29 is 0 Å². The topological polar surface area (TPSA) is 19.4 Å².